The second kappa shape index (κ2) is 57.6. The summed E-state index contributed by atoms with van der Waals surface area (Å²) in [5.41, 5.74) is 0. The molecule has 3 atom stereocenters. The first-order valence-corrected chi connectivity index (χ1v) is 33.4. The maximum Gasteiger partial charge on any atom is 0.472 e. The minimum Gasteiger partial charge on any atom is -0.456 e. The van der Waals surface area contributed by atoms with E-state index in [-0.39, 0.29) is 37.9 Å². The average Bonchev–Trinajstić information content (AvgIpc) is 3.41. The predicted octanol–water partition coefficient (Wildman–Crippen LogP) is 19.9. The molecule has 79 heavy (non-hydrogen) atoms. The molecule has 10 heteroatoms. The van der Waals surface area contributed by atoms with Crippen LogP contribution < -0.4 is 5.32 Å². The molecule has 0 aromatic heterocycles. The number of phosphoric ester groups is 1. The number of unbranched alkanes of at least 4 members (excludes halogenated alkanes) is 22. The zero-order valence-corrected chi connectivity index (χ0v) is 52.5. The Morgan fingerprint density at radius 3 is 1.25 bits per heavy atom. The van der Waals surface area contributed by atoms with Gasteiger partial charge in [-0.05, 0) is 122 Å². The smallest absolute Gasteiger partial charge is 0.456 e. The molecule has 0 bridgehead atoms. The van der Waals surface area contributed by atoms with Gasteiger partial charge in [0.2, 0.25) is 5.91 Å². The highest BCUT2D eigenvalue weighted by Crippen LogP contribution is 2.43. The fraction of sp³-hybridized carbons (Fsp3) is 0.681. The highest BCUT2D eigenvalue weighted by atomic mass is 31.2. The van der Waals surface area contributed by atoms with E-state index < -0.39 is 20.0 Å². The molecule has 0 aromatic carbocycles. The number of carbonyl (C=O) groups excluding carboxylic acids is 2. The van der Waals surface area contributed by atoms with E-state index in [0.29, 0.717) is 23.9 Å². The molecule has 0 heterocycles. The lowest BCUT2D eigenvalue weighted by molar-refractivity contribution is -0.870. The Labute approximate surface area is 486 Å². The quantitative estimate of drug-likeness (QED) is 0.0205. The zero-order chi connectivity index (χ0) is 57.9. The van der Waals surface area contributed by atoms with Gasteiger partial charge in [0.1, 0.15) is 19.3 Å². The summed E-state index contributed by atoms with van der Waals surface area (Å²) in [5, 5.41) is 3.03. The number of nitrogens with zero attached hydrogens (tertiary/aromatic N) is 1. The van der Waals surface area contributed by atoms with Crippen molar-refractivity contribution < 1.29 is 37.3 Å². The van der Waals surface area contributed by atoms with Crippen LogP contribution in [0.15, 0.2) is 122 Å². The molecular formula is C69H120N2O7P+. The largest absolute Gasteiger partial charge is 0.472 e. The standard InChI is InChI=1S/C69H119N2O7P/c1-7-10-13-16-19-22-25-28-30-32-34-35-37-39-41-44-47-50-53-56-59-62-69(73)78-67(60-57-54-51-48-45-42-27-24-21-18-15-12-9-3)66(65-77-79(74,75)76-64-63-71(4,5)6)70-68(72)61-58-55-52-49-46-43-40-38-36-33-31-29-26-23-20-17-14-11-8-2/h10,13,19-20,22-23,28-31,34-36,38-39,41,43,46,57,60,66-67H,7-9,11-12,14-18,21,24-27,32-33,37,40,42,44-45,47-56,58-59,61-65H2,1-6H3,(H-,70,72,74,75)/p+1/b13-10-,22-19-,23-20-,30-28-,31-29-,35-34-,38-36-,41-39-,46-43-,60-57+. The summed E-state index contributed by atoms with van der Waals surface area (Å²) in [6, 6.07) is -0.882. The number of phosphoric acid groups is 1. The first-order chi connectivity index (χ1) is 38.4. The number of nitrogens with one attached hydrogen (secondary N) is 1. The van der Waals surface area contributed by atoms with E-state index in [9.17, 15) is 19.0 Å². The topological polar surface area (TPSA) is 111 Å². The first-order valence-electron chi connectivity index (χ1n) is 31.9. The van der Waals surface area contributed by atoms with E-state index in [4.69, 9.17) is 13.8 Å². The van der Waals surface area contributed by atoms with Crippen LogP contribution in [0.2, 0.25) is 0 Å². The van der Waals surface area contributed by atoms with Gasteiger partial charge >= 0.3 is 13.8 Å². The Hall–Kier alpha value is -3.59. The van der Waals surface area contributed by atoms with E-state index in [1.165, 1.54) is 83.5 Å². The molecule has 0 fully saturated rings. The maximum absolute atomic E-state index is 13.6. The lowest BCUT2D eigenvalue weighted by atomic mass is 10.0. The van der Waals surface area contributed by atoms with E-state index in [0.717, 1.165) is 122 Å². The number of hydrogen-bond donors (Lipinski definition) is 2. The summed E-state index contributed by atoms with van der Waals surface area (Å²) in [7, 11) is 1.45. The van der Waals surface area contributed by atoms with Gasteiger partial charge in [0, 0.05) is 12.8 Å². The zero-order valence-electron chi connectivity index (χ0n) is 51.6. The van der Waals surface area contributed by atoms with Crippen LogP contribution in [0.25, 0.3) is 0 Å². The van der Waals surface area contributed by atoms with Gasteiger partial charge in [0.05, 0.1) is 33.8 Å². The van der Waals surface area contributed by atoms with Crippen molar-refractivity contribution in [2.45, 2.75) is 264 Å². The van der Waals surface area contributed by atoms with Crippen LogP contribution in [0.5, 0.6) is 0 Å². The summed E-state index contributed by atoms with van der Waals surface area (Å²) in [5.74, 6) is -0.569. The Morgan fingerprint density at radius 1 is 0.456 bits per heavy atom. The number of quaternary nitrogens is 1. The van der Waals surface area contributed by atoms with Gasteiger partial charge in [-0.15, -0.1) is 0 Å². The lowest BCUT2D eigenvalue weighted by Crippen LogP contribution is -2.47. The second-order valence-corrected chi connectivity index (χ2v) is 23.6. The van der Waals surface area contributed by atoms with Crippen molar-refractivity contribution in [3.63, 3.8) is 0 Å². The summed E-state index contributed by atoms with van der Waals surface area (Å²) in [6.07, 6.45) is 80.5. The Morgan fingerprint density at radius 2 is 0.810 bits per heavy atom. The van der Waals surface area contributed by atoms with Crippen molar-refractivity contribution >= 4 is 19.7 Å². The molecule has 0 aliphatic carbocycles. The summed E-state index contributed by atoms with van der Waals surface area (Å²) in [6.45, 7) is 6.82. The van der Waals surface area contributed by atoms with Crippen molar-refractivity contribution in [3.8, 4) is 0 Å². The number of allylic oxidation sites excluding steroid dienone is 19. The molecule has 0 saturated heterocycles. The average molecular weight is 1120 g/mol. The predicted molar refractivity (Wildman–Crippen MR) is 341 cm³/mol. The Balaban J connectivity index is 5.38. The minimum absolute atomic E-state index is 0.0238. The van der Waals surface area contributed by atoms with Crippen LogP contribution in [-0.4, -0.2) is 74.3 Å². The van der Waals surface area contributed by atoms with Crippen LogP contribution in [0.4, 0.5) is 0 Å². The summed E-state index contributed by atoms with van der Waals surface area (Å²) >= 11 is 0. The van der Waals surface area contributed by atoms with Gasteiger partial charge in [-0.3, -0.25) is 18.6 Å². The number of ether oxygens (including phenoxy) is 1. The third-order valence-corrected chi connectivity index (χ3v) is 14.4. The van der Waals surface area contributed by atoms with Crippen LogP contribution >= 0.6 is 7.82 Å². The molecule has 1 amide bonds. The molecule has 2 N–H and O–H groups in total. The third-order valence-electron chi connectivity index (χ3n) is 13.4. The molecule has 3 unspecified atom stereocenters. The molecule has 0 spiro atoms. The maximum atomic E-state index is 13.6. The molecular weight excluding hydrogens is 1000 g/mol. The van der Waals surface area contributed by atoms with Crippen molar-refractivity contribution in [1.82, 2.24) is 5.32 Å². The molecule has 0 radical (unpaired) electrons. The fourth-order valence-electron chi connectivity index (χ4n) is 8.48. The van der Waals surface area contributed by atoms with Gasteiger partial charge in [-0.1, -0.05) is 239 Å². The Kier molecular flexibility index (Phi) is 55.0. The van der Waals surface area contributed by atoms with Crippen molar-refractivity contribution in [1.29, 1.82) is 0 Å². The Bertz CT molecular complexity index is 1770. The molecule has 0 saturated carbocycles. The van der Waals surface area contributed by atoms with Gasteiger partial charge in [0.25, 0.3) is 0 Å². The van der Waals surface area contributed by atoms with Crippen molar-refractivity contribution in [2.75, 3.05) is 40.9 Å². The fourth-order valence-corrected chi connectivity index (χ4v) is 9.21. The molecule has 452 valence electrons. The number of rotatable bonds is 56. The SMILES string of the molecule is CC/C=C\C/C=C\C/C=C\C/C=C\C/C=C\CCCCCCCC(=O)OC(/C=C/CCCCCCCCCCCCC)C(COP(=O)(O)OCC[N+](C)(C)C)NC(=O)CCCCC/C=C\C/C=C\C/C=C\C/C=C\CCCCC. The van der Waals surface area contributed by atoms with E-state index in [1.54, 1.807) is 0 Å². The first kappa shape index (κ1) is 75.4. The molecule has 0 aliphatic heterocycles. The lowest BCUT2D eigenvalue weighted by Gasteiger charge is -2.27. The summed E-state index contributed by atoms with van der Waals surface area (Å²) in [4.78, 5) is 37.8. The third kappa shape index (κ3) is 58.9. The van der Waals surface area contributed by atoms with E-state index in [1.807, 2.05) is 33.3 Å². The normalized spacial score (nSPS) is 14.5. The van der Waals surface area contributed by atoms with Crippen LogP contribution in [0.3, 0.4) is 0 Å². The number of carbonyl (C=O) groups is 2. The van der Waals surface area contributed by atoms with Crippen molar-refractivity contribution in [3.05, 3.63) is 122 Å². The number of esters is 1. The second-order valence-electron chi connectivity index (χ2n) is 22.2. The van der Waals surface area contributed by atoms with Crippen molar-refractivity contribution in [2.24, 2.45) is 0 Å². The summed E-state index contributed by atoms with van der Waals surface area (Å²) < 4.78 is 30.7. The minimum atomic E-state index is -4.47. The number of hydrogen-bond acceptors (Lipinski definition) is 6. The van der Waals surface area contributed by atoms with Crippen LogP contribution in [0, 0.1) is 0 Å². The van der Waals surface area contributed by atoms with Gasteiger partial charge in [-0.25, -0.2) is 4.57 Å². The number of amides is 1. The molecule has 0 aromatic rings. The molecule has 9 nitrogen and oxygen atoms in total. The van der Waals surface area contributed by atoms with Crippen LogP contribution in [-0.2, 0) is 27.9 Å². The van der Waals surface area contributed by atoms with E-state index in [2.05, 4.69) is 135 Å². The van der Waals surface area contributed by atoms with E-state index >= 15 is 0 Å². The van der Waals surface area contributed by atoms with Crippen LogP contribution in [0.1, 0.15) is 252 Å². The van der Waals surface area contributed by atoms with Gasteiger partial charge < -0.3 is 19.4 Å². The highest BCUT2D eigenvalue weighted by Gasteiger charge is 2.30. The molecule has 0 aliphatic rings. The highest BCUT2D eigenvalue weighted by molar-refractivity contribution is 7.47. The molecule has 0 rings (SSSR count). The number of likely N-dealkylation sites (N-methyl/N-ethyl adjacent to an activating group) is 1. The van der Waals surface area contributed by atoms with Gasteiger partial charge in [0.15, 0.2) is 0 Å². The van der Waals surface area contributed by atoms with Gasteiger partial charge in [-0.2, -0.15) is 0 Å². The monoisotopic (exact) mass is 1120 g/mol.